The third-order valence-electron chi connectivity index (χ3n) is 8.79. The number of hydrogen-bond donors (Lipinski definition) is 2. The Bertz CT molecular complexity index is 1270. The summed E-state index contributed by atoms with van der Waals surface area (Å²) in [5.41, 5.74) is 8.05. The highest BCUT2D eigenvalue weighted by Gasteiger charge is 2.28. The summed E-state index contributed by atoms with van der Waals surface area (Å²) in [5, 5.41) is 19.7. The Morgan fingerprint density at radius 2 is 0.738 bits per heavy atom. The lowest BCUT2D eigenvalue weighted by Crippen LogP contribution is -2.32. The van der Waals surface area contributed by atoms with Gasteiger partial charge >= 0.3 is 0 Å². The lowest BCUT2D eigenvalue weighted by Gasteiger charge is -2.30. The largest absolute Gasteiger partial charge is 0.508 e. The van der Waals surface area contributed by atoms with E-state index >= 15 is 0 Å². The van der Waals surface area contributed by atoms with Gasteiger partial charge in [0.1, 0.15) is 11.5 Å². The Balaban J connectivity index is 1.65. The van der Waals surface area contributed by atoms with E-state index in [2.05, 4.69) is 39.8 Å². The molecule has 6 heteroatoms. The monoisotopic (exact) mass is 564 g/mol. The van der Waals surface area contributed by atoms with Crippen molar-refractivity contribution in [2.75, 3.05) is 0 Å². The van der Waals surface area contributed by atoms with E-state index in [9.17, 15) is 10.2 Å². The average molecular weight is 565 g/mol. The van der Waals surface area contributed by atoms with Crippen LogP contribution in [0.15, 0.2) is 79.6 Å². The van der Waals surface area contributed by atoms with Crippen LogP contribution in [0, 0.1) is 0 Å². The second-order valence-electron chi connectivity index (χ2n) is 12.0. The molecular formula is C36H44N4O2. The van der Waals surface area contributed by atoms with E-state index in [1.807, 2.05) is 24.3 Å². The smallest absolute Gasteiger partial charge is 0.115 e. The van der Waals surface area contributed by atoms with Crippen molar-refractivity contribution in [1.29, 1.82) is 0 Å². The number of aromatic hydroxyl groups is 2. The number of phenolic OH excluding ortho intramolecular Hbond substituents is 2. The van der Waals surface area contributed by atoms with E-state index in [-0.39, 0.29) is 35.7 Å². The Labute approximate surface area is 250 Å². The van der Waals surface area contributed by atoms with E-state index in [1.165, 1.54) is 0 Å². The predicted molar refractivity (Wildman–Crippen MR) is 177 cm³/mol. The molecule has 2 aromatic rings. The lowest BCUT2D eigenvalue weighted by atomic mass is 9.89. The Hall–Kier alpha value is -3.80. The highest BCUT2D eigenvalue weighted by molar-refractivity contribution is 6.26. The molecule has 0 radical (unpaired) electrons. The van der Waals surface area contributed by atoms with Crippen LogP contribution in [0.1, 0.15) is 90.2 Å². The topological polar surface area (TPSA) is 89.9 Å². The Kier molecular flexibility index (Phi) is 9.51. The molecule has 0 bridgehead atoms. The maximum atomic E-state index is 9.83. The van der Waals surface area contributed by atoms with Crippen LogP contribution >= 0.6 is 0 Å². The van der Waals surface area contributed by atoms with Gasteiger partial charge in [-0.15, -0.1) is 0 Å². The van der Waals surface area contributed by atoms with Gasteiger partial charge in [0.2, 0.25) is 0 Å². The summed E-state index contributed by atoms with van der Waals surface area (Å²) in [7, 11) is 0. The predicted octanol–water partition coefficient (Wildman–Crippen LogP) is 8.04. The average Bonchev–Trinajstić information content (AvgIpc) is 2.97. The summed E-state index contributed by atoms with van der Waals surface area (Å²) in [6.07, 6.45) is 12.9. The first-order chi connectivity index (χ1) is 20.3. The van der Waals surface area contributed by atoms with Gasteiger partial charge in [0.05, 0.1) is 24.2 Å². The molecule has 2 N–H and O–H groups in total. The van der Waals surface area contributed by atoms with Crippen LogP contribution in [-0.2, 0) is 0 Å². The van der Waals surface area contributed by atoms with E-state index in [0.29, 0.717) is 0 Å². The summed E-state index contributed by atoms with van der Waals surface area (Å²) in [6.45, 7) is 8.43. The molecule has 2 aromatic carbocycles. The second kappa shape index (κ2) is 13.5. The molecule has 0 spiro atoms. The molecule has 1 heterocycles. The maximum Gasteiger partial charge on any atom is 0.115 e. The van der Waals surface area contributed by atoms with Gasteiger partial charge in [-0.25, -0.2) is 0 Å². The molecule has 5 rings (SSSR count). The van der Waals surface area contributed by atoms with Crippen LogP contribution < -0.4 is 0 Å². The van der Waals surface area contributed by atoms with Gasteiger partial charge in [-0.2, -0.15) is 0 Å². The first kappa shape index (κ1) is 29.7. The standard InChI is InChI=1S/C36H44N4O2/c1-23-31(21-27-13-17-29(41)18-14-27)24(2)38-35-11-7-8-12-36(35)40-26(4)32(22-28-15-19-30(42)20-16-28)25(3)39-34-10-6-5-9-33(34)37-23/h13-22,33-36,41-42H,5-12H2,1-4H3/t33-,34-,35-,36-/m1/s1. The number of fused-ring (bicyclic) bond motifs is 2. The minimum atomic E-state index is 0.0993. The number of allylic oxidation sites excluding steroid dienone is 2. The van der Waals surface area contributed by atoms with Gasteiger partial charge in [0.25, 0.3) is 0 Å². The van der Waals surface area contributed by atoms with Crippen molar-refractivity contribution in [3.8, 4) is 11.5 Å². The Morgan fingerprint density at radius 1 is 0.476 bits per heavy atom. The molecule has 1 aliphatic heterocycles. The lowest BCUT2D eigenvalue weighted by molar-refractivity contribution is 0.387. The Morgan fingerprint density at radius 3 is 1.00 bits per heavy atom. The van der Waals surface area contributed by atoms with E-state index in [1.54, 1.807) is 24.3 Å². The minimum absolute atomic E-state index is 0.0993. The van der Waals surface area contributed by atoms with Crippen LogP contribution in [0.4, 0.5) is 0 Å². The van der Waals surface area contributed by atoms with Crippen LogP contribution in [0.2, 0.25) is 0 Å². The zero-order valence-corrected chi connectivity index (χ0v) is 25.4. The third kappa shape index (κ3) is 7.33. The van der Waals surface area contributed by atoms with Crippen molar-refractivity contribution in [1.82, 2.24) is 0 Å². The van der Waals surface area contributed by atoms with E-state index < -0.39 is 0 Å². The van der Waals surface area contributed by atoms with E-state index in [0.717, 1.165) is 96.5 Å². The summed E-state index contributed by atoms with van der Waals surface area (Å²) >= 11 is 0. The number of nitrogens with zero attached hydrogens (tertiary/aromatic N) is 4. The molecule has 6 nitrogen and oxygen atoms in total. The number of phenols is 2. The van der Waals surface area contributed by atoms with E-state index in [4.69, 9.17) is 20.0 Å². The molecule has 4 atom stereocenters. The molecule has 42 heavy (non-hydrogen) atoms. The normalized spacial score (nSPS) is 25.5. The van der Waals surface area contributed by atoms with Gasteiger partial charge in [0, 0.05) is 34.0 Å². The van der Waals surface area contributed by atoms with Crippen molar-refractivity contribution in [2.45, 2.75) is 103 Å². The fraction of sp³-hybridized carbons (Fsp3) is 0.444. The van der Waals surface area contributed by atoms with Crippen LogP contribution in [0.5, 0.6) is 11.5 Å². The fourth-order valence-electron chi connectivity index (χ4n) is 6.47. The molecular weight excluding hydrogens is 520 g/mol. The van der Waals surface area contributed by atoms with Crippen LogP contribution in [0.3, 0.4) is 0 Å². The molecule has 2 aliphatic carbocycles. The molecule has 2 fully saturated rings. The third-order valence-corrected chi connectivity index (χ3v) is 8.79. The summed E-state index contributed by atoms with van der Waals surface area (Å²) in [4.78, 5) is 21.4. The van der Waals surface area contributed by atoms with Gasteiger partial charge in [-0.1, -0.05) is 49.9 Å². The quantitative estimate of drug-likeness (QED) is 0.386. The van der Waals surface area contributed by atoms with Gasteiger partial charge in [-0.3, -0.25) is 20.0 Å². The molecule has 220 valence electrons. The van der Waals surface area contributed by atoms with Crippen molar-refractivity contribution < 1.29 is 10.2 Å². The van der Waals surface area contributed by atoms with Crippen LogP contribution in [-0.4, -0.2) is 57.2 Å². The van der Waals surface area contributed by atoms with Crippen molar-refractivity contribution in [2.24, 2.45) is 20.0 Å². The number of benzene rings is 2. The van der Waals surface area contributed by atoms with Gasteiger partial charge < -0.3 is 10.2 Å². The SMILES string of the molecule is CC1=N[C@@H]2CCCC[C@H]2N=C(C)C(=Cc2ccc(O)cc2)C(C)=N[C@@H]2CCCC[C@H]2N=C(C)C1=Cc1ccc(O)cc1. The van der Waals surface area contributed by atoms with Gasteiger partial charge in [0.15, 0.2) is 0 Å². The number of rotatable bonds is 2. The maximum absolute atomic E-state index is 9.83. The van der Waals surface area contributed by atoms with Crippen molar-refractivity contribution >= 4 is 35.0 Å². The van der Waals surface area contributed by atoms with Crippen molar-refractivity contribution in [3.63, 3.8) is 0 Å². The van der Waals surface area contributed by atoms with Gasteiger partial charge in [-0.05, 0) is 101 Å². The molecule has 0 saturated heterocycles. The molecule has 2 saturated carbocycles. The van der Waals surface area contributed by atoms with Crippen molar-refractivity contribution in [3.05, 3.63) is 70.8 Å². The first-order valence-corrected chi connectivity index (χ1v) is 15.5. The summed E-state index contributed by atoms with van der Waals surface area (Å²) in [5.74, 6) is 0.517. The summed E-state index contributed by atoms with van der Waals surface area (Å²) < 4.78 is 0. The fourth-order valence-corrected chi connectivity index (χ4v) is 6.47. The second-order valence-corrected chi connectivity index (χ2v) is 12.0. The molecule has 0 aromatic heterocycles. The summed E-state index contributed by atoms with van der Waals surface area (Å²) in [6, 6.07) is 15.0. The highest BCUT2D eigenvalue weighted by atomic mass is 16.3. The molecule has 0 amide bonds. The first-order valence-electron chi connectivity index (χ1n) is 15.5. The highest BCUT2D eigenvalue weighted by Crippen LogP contribution is 2.29. The number of aliphatic imine (C=N–C) groups is 4. The minimum Gasteiger partial charge on any atom is -0.508 e. The zero-order chi connectivity index (χ0) is 29.6. The zero-order valence-electron chi connectivity index (χ0n) is 25.4. The molecule has 3 aliphatic rings. The molecule has 0 unspecified atom stereocenters. The number of hydrogen-bond acceptors (Lipinski definition) is 6. The van der Waals surface area contributed by atoms with Crippen LogP contribution in [0.25, 0.3) is 12.2 Å².